The van der Waals surface area contributed by atoms with Crippen LogP contribution < -0.4 is 5.32 Å². The van der Waals surface area contributed by atoms with Gasteiger partial charge in [-0.05, 0) is 38.4 Å². The van der Waals surface area contributed by atoms with Gasteiger partial charge in [0.1, 0.15) is 0 Å². The standard InChI is InChI=1S/C26H33N5O2S/c1-21-10-12-22(13-11-21)25-28-29-26(31(25)23-7-3-2-4-8-23)34-20-5-9-24(32)27-14-6-15-30-16-18-33-19-17-30/h2-4,7-8,10-13H,5-6,9,14-20H2,1H3,(H,27,32). The third kappa shape index (κ3) is 6.91. The number of hydrogen-bond donors (Lipinski definition) is 1. The Bertz CT molecular complexity index is 1030. The van der Waals surface area contributed by atoms with Crippen molar-refractivity contribution in [3.05, 3.63) is 60.2 Å². The van der Waals surface area contributed by atoms with Gasteiger partial charge in [0.25, 0.3) is 0 Å². The summed E-state index contributed by atoms with van der Waals surface area (Å²) in [5.41, 5.74) is 3.28. The number of nitrogens with one attached hydrogen (secondary N) is 1. The molecule has 0 radical (unpaired) electrons. The number of nitrogens with zero attached hydrogens (tertiary/aromatic N) is 4. The first-order valence-corrected chi connectivity index (χ1v) is 13.0. The van der Waals surface area contributed by atoms with E-state index in [0.717, 1.165) is 80.2 Å². The summed E-state index contributed by atoms with van der Waals surface area (Å²) in [6.45, 7) is 7.43. The van der Waals surface area contributed by atoms with Gasteiger partial charge in [-0.1, -0.05) is 59.8 Å². The maximum absolute atomic E-state index is 12.2. The number of morpholine rings is 1. The van der Waals surface area contributed by atoms with Gasteiger partial charge < -0.3 is 10.1 Å². The maximum atomic E-state index is 12.2. The molecular formula is C26H33N5O2S. The molecule has 2 aromatic carbocycles. The van der Waals surface area contributed by atoms with Crippen LogP contribution in [0.25, 0.3) is 17.1 Å². The number of aromatic nitrogens is 3. The van der Waals surface area contributed by atoms with E-state index in [1.165, 1.54) is 5.56 Å². The summed E-state index contributed by atoms with van der Waals surface area (Å²) in [6.07, 6.45) is 2.29. The third-order valence-corrected chi connectivity index (χ3v) is 6.83. The first kappa shape index (κ1) is 24.4. The molecule has 7 nitrogen and oxygen atoms in total. The first-order chi connectivity index (χ1) is 16.7. The molecule has 0 atom stereocenters. The summed E-state index contributed by atoms with van der Waals surface area (Å²) >= 11 is 1.64. The zero-order valence-electron chi connectivity index (χ0n) is 19.8. The van der Waals surface area contributed by atoms with Crippen LogP contribution in [0.4, 0.5) is 0 Å². The molecule has 0 aliphatic carbocycles. The average Bonchev–Trinajstić information content (AvgIpc) is 3.30. The number of thioether (sulfide) groups is 1. The van der Waals surface area contributed by atoms with Crippen LogP contribution in [0.2, 0.25) is 0 Å². The number of benzene rings is 2. The second-order valence-electron chi connectivity index (χ2n) is 8.45. The summed E-state index contributed by atoms with van der Waals surface area (Å²) in [6, 6.07) is 18.5. The Morgan fingerprint density at radius 2 is 1.79 bits per heavy atom. The first-order valence-electron chi connectivity index (χ1n) is 12.0. The smallest absolute Gasteiger partial charge is 0.220 e. The van der Waals surface area contributed by atoms with Gasteiger partial charge in [-0.2, -0.15) is 0 Å². The van der Waals surface area contributed by atoms with E-state index < -0.39 is 0 Å². The van der Waals surface area contributed by atoms with Crippen LogP contribution in [-0.2, 0) is 9.53 Å². The number of para-hydroxylation sites is 1. The molecule has 4 rings (SSSR count). The number of amides is 1. The molecule has 1 amide bonds. The predicted molar refractivity (Wildman–Crippen MR) is 136 cm³/mol. The minimum atomic E-state index is 0.118. The van der Waals surface area contributed by atoms with Gasteiger partial charge in [0.2, 0.25) is 5.91 Å². The molecule has 1 saturated heterocycles. The predicted octanol–water partition coefficient (Wildman–Crippen LogP) is 3.95. The zero-order valence-corrected chi connectivity index (χ0v) is 20.6. The molecule has 2 heterocycles. The number of hydrogen-bond acceptors (Lipinski definition) is 6. The van der Waals surface area contributed by atoms with E-state index in [2.05, 4.69) is 68.3 Å². The normalized spacial score (nSPS) is 14.3. The summed E-state index contributed by atoms with van der Waals surface area (Å²) < 4.78 is 7.47. The molecule has 1 aromatic heterocycles. The largest absolute Gasteiger partial charge is 0.379 e. The van der Waals surface area contributed by atoms with Crippen LogP contribution in [0.3, 0.4) is 0 Å². The fraction of sp³-hybridized carbons (Fsp3) is 0.423. The van der Waals surface area contributed by atoms with Crippen molar-refractivity contribution in [1.82, 2.24) is 25.0 Å². The maximum Gasteiger partial charge on any atom is 0.220 e. The molecule has 34 heavy (non-hydrogen) atoms. The number of carbonyl (C=O) groups is 1. The second kappa shape index (κ2) is 12.7. The quantitative estimate of drug-likeness (QED) is 0.332. The van der Waals surface area contributed by atoms with Gasteiger partial charge in [-0.15, -0.1) is 10.2 Å². The van der Waals surface area contributed by atoms with Crippen molar-refractivity contribution in [3.63, 3.8) is 0 Å². The van der Waals surface area contributed by atoms with Crippen molar-refractivity contribution in [2.45, 2.75) is 31.3 Å². The van der Waals surface area contributed by atoms with E-state index in [4.69, 9.17) is 4.74 Å². The van der Waals surface area contributed by atoms with E-state index in [9.17, 15) is 4.79 Å². The van der Waals surface area contributed by atoms with E-state index in [0.29, 0.717) is 6.42 Å². The lowest BCUT2D eigenvalue weighted by atomic mass is 10.1. The van der Waals surface area contributed by atoms with Crippen molar-refractivity contribution in [2.24, 2.45) is 0 Å². The molecule has 0 bridgehead atoms. The zero-order chi connectivity index (χ0) is 23.6. The molecule has 1 aliphatic rings. The molecule has 0 saturated carbocycles. The van der Waals surface area contributed by atoms with Gasteiger partial charge in [0, 0.05) is 43.1 Å². The fourth-order valence-electron chi connectivity index (χ4n) is 3.90. The van der Waals surface area contributed by atoms with Gasteiger partial charge >= 0.3 is 0 Å². The number of aryl methyl sites for hydroxylation is 1. The van der Waals surface area contributed by atoms with Crippen molar-refractivity contribution in [1.29, 1.82) is 0 Å². The third-order valence-electron chi connectivity index (χ3n) is 5.81. The summed E-state index contributed by atoms with van der Waals surface area (Å²) in [5, 5.41) is 12.9. The Balaban J connectivity index is 1.27. The number of rotatable bonds is 11. The highest BCUT2D eigenvalue weighted by Gasteiger charge is 2.16. The molecule has 180 valence electrons. The summed E-state index contributed by atoms with van der Waals surface area (Å²) in [7, 11) is 0. The van der Waals surface area contributed by atoms with Crippen LogP contribution in [0.5, 0.6) is 0 Å². The highest BCUT2D eigenvalue weighted by atomic mass is 32.2. The molecule has 0 spiro atoms. The van der Waals surface area contributed by atoms with Crippen LogP contribution in [0, 0.1) is 6.92 Å². The molecule has 0 unspecified atom stereocenters. The Morgan fingerprint density at radius 1 is 1.03 bits per heavy atom. The SMILES string of the molecule is Cc1ccc(-c2nnc(SCCCC(=O)NCCCN3CCOCC3)n2-c2ccccc2)cc1. The van der Waals surface area contributed by atoms with Crippen LogP contribution in [-0.4, -0.2) is 70.7 Å². The minimum absolute atomic E-state index is 0.118. The highest BCUT2D eigenvalue weighted by Crippen LogP contribution is 2.28. The van der Waals surface area contributed by atoms with Crippen molar-refractivity contribution < 1.29 is 9.53 Å². The van der Waals surface area contributed by atoms with Crippen molar-refractivity contribution >= 4 is 17.7 Å². The molecule has 3 aromatic rings. The second-order valence-corrected chi connectivity index (χ2v) is 9.51. The van der Waals surface area contributed by atoms with Gasteiger partial charge in [-0.3, -0.25) is 14.3 Å². The van der Waals surface area contributed by atoms with E-state index >= 15 is 0 Å². The molecule has 1 aliphatic heterocycles. The van der Waals surface area contributed by atoms with Crippen LogP contribution >= 0.6 is 11.8 Å². The number of carbonyl (C=O) groups excluding carboxylic acids is 1. The topological polar surface area (TPSA) is 72.3 Å². The van der Waals surface area contributed by atoms with E-state index in [1.807, 2.05) is 18.2 Å². The highest BCUT2D eigenvalue weighted by molar-refractivity contribution is 7.99. The lowest BCUT2D eigenvalue weighted by Crippen LogP contribution is -2.38. The van der Waals surface area contributed by atoms with Crippen molar-refractivity contribution in [3.8, 4) is 17.1 Å². The number of ether oxygens (including phenoxy) is 1. The Morgan fingerprint density at radius 3 is 2.56 bits per heavy atom. The van der Waals surface area contributed by atoms with Gasteiger partial charge in [0.15, 0.2) is 11.0 Å². The average molecular weight is 480 g/mol. The van der Waals surface area contributed by atoms with Crippen LogP contribution in [0.1, 0.15) is 24.8 Å². The monoisotopic (exact) mass is 479 g/mol. The summed E-state index contributed by atoms with van der Waals surface area (Å²) in [4.78, 5) is 14.6. The van der Waals surface area contributed by atoms with Crippen molar-refractivity contribution in [2.75, 3.05) is 45.1 Å². The van der Waals surface area contributed by atoms with E-state index in [-0.39, 0.29) is 5.91 Å². The van der Waals surface area contributed by atoms with Gasteiger partial charge in [-0.25, -0.2) is 0 Å². The lowest BCUT2D eigenvalue weighted by molar-refractivity contribution is -0.121. The molecule has 1 N–H and O–H groups in total. The fourth-order valence-corrected chi connectivity index (χ4v) is 4.79. The minimum Gasteiger partial charge on any atom is -0.379 e. The lowest BCUT2D eigenvalue weighted by Gasteiger charge is -2.26. The Kier molecular flexibility index (Phi) is 9.12. The molecular weight excluding hydrogens is 446 g/mol. The Hall–Kier alpha value is -2.68. The molecule has 8 heteroatoms. The van der Waals surface area contributed by atoms with Gasteiger partial charge in [0.05, 0.1) is 13.2 Å². The Labute approximate surface area is 205 Å². The van der Waals surface area contributed by atoms with E-state index in [1.54, 1.807) is 11.8 Å². The summed E-state index contributed by atoms with van der Waals surface area (Å²) in [5.74, 6) is 1.75. The van der Waals surface area contributed by atoms with Crippen LogP contribution in [0.15, 0.2) is 59.8 Å². The molecule has 1 fully saturated rings.